The SMILES string of the molecule is CN(CCO)C(=O)c1cccc(CN2CCOCC2)c1. The molecule has 2 rings (SSSR count). The summed E-state index contributed by atoms with van der Waals surface area (Å²) in [5.41, 5.74) is 1.81. The number of ether oxygens (including phenoxy) is 1. The molecule has 1 aromatic carbocycles. The molecule has 5 nitrogen and oxygen atoms in total. The number of carbonyl (C=O) groups is 1. The zero-order valence-corrected chi connectivity index (χ0v) is 11.9. The van der Waals surface area contributed by atoms with E-state index in [9.17, 15) is 4.79 Å². The smallest absolute Gasteiger partial charge is 0.253 e. The molecule has 0 atom stereocenters. The average Bonchev–Trinajstić information content (AvgIpc) is 2.48. The summed E-state index contributed by atoms with van der Waals surface area (Å²) < 4.78 is 5.33. The first-order valence-corrected chi connectivity index (χ1v) is 6.96. The van der Waals surface area contributed by atoms with E-state index in [0.717, 1.165) is 38.4 Å². The Morgan fingerprint density at radius 1 is 1.40 bits per heavy atom. The maximum absolute atomic E-state index is 12.2. The normalized spacial score (nSPS) is 16.1. The lowest BCUT2D eigenvalue weighted by atomic mass is 10.1. The minimum atomic E-state index is -0.0529. The number of amides is 1. The van der Waals surface area contributed by atoms with Gasteiger partial charge in [0.05, 0.1) is 19.8 Å². The van der Waals surface area contributed by atoms with Crippen LogP contribution in [0.15, 0.2) is 24.3 Å². The highest BCUT2D eigenvalue weighted by Gasteiger charge is 2.14. The topological polar surface area (TPSA) is 53.0 Å². The van der Waals surface area contributed by atoms with Gasteiger partial charge in [0.15, 0.2) is 0 Å². The Balaban J connectivity index is 2.01. The molecule has 1 N–H and O–H groups in total. The Hall–Kier alpha value is -1.43. The van der Waals surface area contributed by atoms with Gasteiger partial charge in [0.1, 0.15) is 0 Å². The van der Waals surface area contributed by atoms with Crippen molar-refractivity contribution in [2.24, 2.45) is 0 Å². The van der Waals surface area contributed by atoms with Crippen molar-refractivity contribution in [1.29, 1.82) is 0 Å². The molecule has 20 heavy (non-hydrogen) atoms. The Morgan fingerprint density at radius 3 is 2.85 bits per heavy atom. The Kier molecular flexibility index (Phi) is 5.52. The van der Waals surface area contributed by atoms with E-state index >= 15 is 0 Å². The van der Waals surface area contributed by atoms with Gasteiger partial charge in [0, 0.05) is 38.8 Å². The van der Waals surface area contributed by atoms with E-state index in [-0.39, 0.29) is 12.5 Å². The molecule has 0 saturated carbocycles. The lowest BCUT2D eigenvalue weighted by molar-refractivity contribution is 0.0341. The largest absolute Gasteiger partial charge is 0.395 e. The second-order valence-electron chi connectivity index (χ2n) is 5.04. The lowest BCUT2D eigenvalue weighted by Crippen LogP contribution is -2.35. The molecule has 0 radical (unpaired) electrons. The van der Waals surface area contributed by atoms with E-state index in [1.807, 2.05) is 24.3 Å². The first kappa shape index (κ1) is 15.0. The molecule has 0 unspecified atom stereocenters. The van der Waals surface area contributed by atoms with E-state index in [1.54, 1.807) is 7.05 Å². The van der Waals surface area contributed by atoms with Crippen LogP contribution in [0.3, 0.4) is 0 Å². The lowest BCUT2D eigenvalue weighted by Gasteiger charge is -2.26. The number of hydrogen-bond donors (Lipinski definition) is 1. The number of aliphatic hydroxyl groups is 1. The summed E-state index contributed by atoms with van der Waals surface area (Å²) in [4.78, 5) is 16.0. The Bertz CT molecular complexity index is 444. The highest BCUT2D eigenvalue weighted by Crippen LogP contribution is 2.11. The highest BCUT2D eigenvalue weighted by molar-refractivity contribution is 5.94. The minimum absolute atomic E-state index is 0.0181. The quantitative estimate of drug-likeness (QED) is 0.856. The van der Waals surface area contributed by atoms with Crippen LogP contribution in [0.1, 0.15) is 15.9 Å². The molecule has 1 heterocycles. The van der Waals surface area contributed by atoms with Crippen molar-refractivity contribution in [3.63, 3.8) is 0 Å². The summed E-state index contributed by atoms with van der Waals surface area (Å²) in [6.45, 7) is 4.59. The predicted octanol–water partition coefficient (Wildman–Crippen LogP) is 0.583. The van der Waals surface area contributed by atoms with Crippen LogP contribution >= 0.6 is 0 Å². The minimum Gasteiger partial charge on any atom is -0.395 e. The number of likely N-dealkylation sites (N-methyl/N-ethyl adjacent to an activating group) is 1. The summed E-state index contributed by atoms with van der Waals surface area (Å²) in [6.07, 6.45) is 0. The molecule has 5 heteroatoms. The van der Waals surface area contributed by atoms with Crippen LogP contribution in [0.25, 0.3) is 0 Å². The first-order chi connectivity index (χ1) is 9.70. The van der Waals surface area contributed by atoms with Crippen molar-refractivity contribution in [2.75, 3.05) is 46.5 Å². The Labute approximate surface area is 119 Å². The summed E-state index contributed by atoms with van der Waals surface area (Å²) in [5, 5.41) is 8.89. The van der Waals surface area contributed by atoms with E-state index in [4.69, 9.17) is 9.84 Å². The van der Waals surface area contributed by atoms with Crippen molar-refractivity contribution >= 4 is 5.91 Å². The molecule has 1 aliphatic heterocycles. The van der Waals surface area contributed by atoms with Gasteiger partial charge >= 0.3 is 0 Å². The third kappa shape index (κ3) is 4.03. The molecular formula is C15H22N2O3. The third-order valence-electron chi connectivity index (χ3n) is 3.47. The fraction of sp³-hybridized carbons (Fsp3) is 0.533. The van der Waals surface area contributed by atoms with Gasteiger partial charge in [-0.1, -0.05) is 12.1 Å². The van der Waals surface area contributed by atoms with E-state index in [0.29, 0.717) is 12.1 Å². The molecule has 110 valence electrons. The van der Waals surface area contributed by atoms with E-state index in [1.165, 1.54) is 4.90 Å². The van der Waals surface area contributed by atoms with Crippen LogP contribution in [0.4, 0.5) is 0 Å². The van der Waals surface area contributed by atoms with Gasteiger partial charge in [-0.15, -0.1) is 0 Å². The van der Waals surface area contributed by atoms with E-state index < -0.39 is 0 Å². The first-order valence-electron chi connectivity index (χ1n) is 6.96. The summed E-state index contributed by atoms with van der Waals surface area (Å²) in [5.74, 6) is -0.0529. The number of morpholine rings is 1. The van der Waals surface area contributed by atoms with Crippen LogP contribution in [0.5, 0.6) is 0 Å². The molecule has 1 fully saturated rings. The van der Waals surface area contributed by atoms with Crippen molar-refractivity contribution in [3.05, 3.63) is 35.4 Å². The van der Waals surface area contributed by atoms with Gasteiger partial charge in [-0.3, -0.25) is 9.69 Å². The predicted molar refractivity (Wildman–Crippen MR) is 76.6 cm³/mol. The number of aliphatic hydroxyl groups excluding tert-OH is 1. The average molecular weight is 278 g/mol. The fourth-order valence-electron chi connectivity index (χ4n) is 2.29. The molecular weight excluding hydrogens is 256 g/mol. The number of carbonyl (C=O) groups excluding carboxylic acids is 1. The molecule has 1 amide bonds. The third-order valence-corrected chi connectivity index (χ3v) is 3.47. The van der Waals surface area contributed by atoms with Crippen LogP contribution in [-0.2, 0) is 11.3 Å². The van der Waals surface area contributed by atoms with Gasteiger partial charge in [0.25, 0.3) is 5.91 Å². The maximum Gasteiger partial charge on any atom is 0.253 e. The molecule has 0 aliphatic carbocycles. The van der Waals surface area contributed by atoms with Crippen LogP contribution in [0, 0.1) is 0 Å². The zero-order chi connectivity index (χ0) is 14.4. The van der Waals surface area contributed by atoms with Crippen molar-refractivity contribution < 1.29 is 14.6 Å². The van der Waals surface area contributed by atoms with Crippen molar-refractivity contribution in [3.8, 4) is 0 Å². The van der Waals surface area contributed by atoms with Gasteiger partial charge in [0.2, 0.25) is 0 Å². The molecule has 0 aromatic heterocycles. The summed E-state index contributed by atoms with van der Waals surface area (Å²) in [7, 11) is 1.70. The summed E-state index contributed by atoms with van der Waals surface area (Å²) >= 11 is 0. The standard InChI is InChI=1S/C15H22N2O3/c1-16(5-8-18)15(19)14-4-2-3-13(11-14)12-17-6-9-20-10-7-17/h2-4,11,18H,5-10,12H2,1H3. The molecule has 1 aromatic rings. The highest BCUT2D eigenvalue weighted by atomic mass is 16.5. The molecule has 1 aliphatic rings. The van der Waals surface area contributed by atoms with Crippen molar-refractivity contribution in [2.45, 2.75) is 6.54 Å². The maximum atomic E-state index is 12.2. The number of nitrogens with zero attached hydrogens (tertiary/aromatic N) is 2. The van der Waals surface area contributed by atoms with Crippen LogP contribution in [-0.4, -0.2) is 67.3 Å². The summed E-state index contributed by atoms with van der Waals surface area (Å²) in [6, 6.07) is 7.71. The van der Waals surface area contributed by atoms with Gasteiger partial charge < -0.3 is 14.7 Å². The van der Waals surface area contributed by atoms with Gasteiger partial charge in [-0.2, -0.15) is 0 Å². The van der Waals surface area contributed by atoms with Gasteiger partial charge in [-0.25, -0.2) is 0 Å². The van der Waals surface area contributed by atoms with Crippen LogP contribution < -0.4 is 0 Å². The number of hydrogen-bond acceptors (Lipinski definition) is 4. The fourth-order valence-corrected chi connectivity index (χ4v) is 2.29. The zero-order valence-electron chi connectivity index (χ0n) is 11.9. The number of benzene rings is 1. The van der Waals surface area contributed by atoms with E-state index in [2.05, 4.69) is 4.90 Å². The second kappa shape index (κ2) is 7.38. The van der Waals surface area contributed by atoms with Gasteiger partial charge in [-0.05, 0) is 17.7 Å². The van der Waals surface area contributed by atoms with Crippen LogP contribution in [0.2, 0.25) is 0 Å². The Morgan fingerprint density at radius 2 is 2.15 bits per heavy atom. The number of rotatable bonds is 5. The van der Waals surface area contributed by atoms with Crippen molar-refractivity contribution in [1.82, 2.24) is 9.80 Å². The molecule has 0 spiro atoms. The second-order valence-corrected chi connectivity index (χ2v) is 5.04. The molecule has 0 bridgehead atoms. The monoisotopic (exact) mass is 278 g/mol. The molecule has 1 saturated heterocycles.